The second kappa shape index (κ2) is 7.55. The second-order valence-corrected chi connectivity index (χ2v) is 6.75. The normalized spacial score (nSPS) is 10.8. The Labute approximate surface area is 166 Å². The molecule has 0 spiro atoms. The second-order valence-electron chi connectivity index (χ2n) is 6.75. The van der Waals surface area contributed by atoms with Crippen LogP contribution in [-0.2, 0) is 6.54 Å². The van der Waals surface area contributed by atoms with Gasteiger partial charge in [0, 0.05) is 29.5 Å². The van der Waals surface area contributed by atoms with E-state index in [-0.39, 0.29) is 11.6 Å². The molecular formula is C22H18N4O3. The van der Waals surface area contributed by atoms with Crippen molar-refractivity contribution in [3.63, 3.8) is 0 Å². The first kappa shape index (κ1) is 18.4. The Kier molecular flexibility index (Phi) is 4.78. The van der Waals surface area contributed by atoms with Gasteiger partial charge in [0.05, 0.1) is 11.5 Å². The zero-order valence-corrected chi connectivity index (χ0v) is 15.7. The highest BCUT2D eigenvalue weighted by atomic mass is 16.6. The molecule has 0 bridgehead atoms. The molecule has 0 aliphatic heterocycles. The molecule has 1 aromatic heterocycles. The summed E-state index contributed by atoms with van der Waals surface area (Å²) >= 11 is 0. The maximum absolute atomic E-state index is 12.5. The Hall–Kier alpha value is -4.00. The van der Waals surface area contributed by atoms with Crippen LogP contribution in [0.15, 0.2) is 72.9 Å². The molecule has 0 fully saturated rings. The summed E-state index contributed by atoms with van der Waals surface area (Å²) in [7, 11) is 0. The molecule has 0 aliphatic carbocycles. The lowest BCUT2D eigenvalue weighted by Gasteiger charge is -2.07. The first-order valence-corrected chi connectivity index (χ1v) is 9.08. The lowest BCUT2D eigenvalue weighted by atomic mass is 10.0. The topological polar surface area (TPSA) is 90.1 Å². The Morgan fingerprint density at radius 3 is 2.69 bits per heavy atom. The highest BCUT2D eigenvalue weighted by Gasteiger charge is 2.14. The van der Waals surface area contributed by atoms with Crippen LogP contribution < -0.4 is 5.32 Å². The Morgan fingerprint density at radius 1 is 1.10 bits per heavy atom. The van der Waals surface area contributed by atoms with Gasteiger partial charge in [-0.3, -0.25) is 19.6 Å². The molecule has 3 aromatic carbocycles. The number of carbonyl (C=O) groups is 1. The number of fused-ring (bicyclic) bond motifs is 1. The van der Waals surface area contributed by atoms with Gasteiger partial charge in [0.1, 0.15) is 0 Å². The van der Waals surface area contributed by atoms with Gasteiger partial charge in [-0.1, -0.05) is 42.5 Å². The number of aromatic nitrogens is 2. The zero-order chi connectivity index (χ0) is 20.4. The van der Waals surface area contributed by atoms with Gasteiger partial charge in [-0.25, -0.2) is 0 Å². The van der Waals surface area contributed by atoms with E-state index in [0.29, 0.717) is 23.5 Å². The van der Waals surface area contributed by atoms with Gasteiger partial charge < -0.3 is 5.32 Å². The minimum absolute atomic E-state index is 0.0130. The number of nitrogens with zero attached hydrogens (tertiary/aromatic N) is 3. The molecule has 29 heavy (non-hydrogen) atoms. The monoisotopic (exact) mass is 386 g/mol. The number of carbonyl (C=O) groups excluding carboxylic acids is 1. The average molecular weight is 386 g/mol. The van der Waals surface area contributed by atoms with Crippen molar-refractivity contribution in [2.75, 3.05) is 5.32 Å². The molecule has 1 N–H and O–H groups in total. The largest absolute Gasteiger partial charge is 0.305 e. The third kappa shape index (κ3) is 3.84. The quantitative estimate of drug-likeness (QED) is 0.402. The number of nitrogens with one attached hydrogen (secondary N) is 1. The van der Waals surface area contributed by atoms with Crippen LogP contribution in [0.2, 0.25) is 0 Å². The summed E-state index contributed by atoms with van der Waals surface area (Å²) < 4.78 is 1.76. The number of anilines is 1. The van der Waals surface area contributed by atoms with Crippen LogP contribution >= 0.6 is 0 Å². The molecular weight excluding hydrogens is 368 g/mol. The Morgan fingerprint density at radius 2 is 1.90 bits per heavy atom. The van der Waals surface area contributed by atoms with Crippen molar-refractivity contribution in [2.45, 2.75) is 13.5 Å². The molecule has 0 saturated heterocycles. The summed E-state index contributed by atoms with van der Waals surface area (Å²) in [5.41, 5.74) is 1.90. The number of benzene rings is 3. The predicted molar refractivity (Wildman–Crippen MR) is 111 cm³/mol. The number of rotatable bonds is 5. The minimum atomic E-state index is -0.466. The fourth-order valence-corrected chi connectivity index (χ4v) is 3.31. The first-order valence-electron chi connectivity index (χ1n) is 9.08. The van der Waals surface area contributed by atoms with Gasteiger partial charge in [-0.05, 0) is 35.4 Å². The van der Waals surface area contributed by atoms with E-state index in [1.165, 1.54) is 23.6 Å². The number of nitro groups is 1. The molecule has 0 saturated carbocycles. The number of hydrogen-bond donors (Lipinski definition) is 1. The van der Waals surface area contributed by atoms with Crippen LogP contribution in [0.3, 0.4) is 0 Å². The van der Waals surface area contributed by atoms with Gasteiger partial charge in [0.25, 0.3) is 11.6 Å². The van der Waals surface area contributed by atoms with E-state index in [1.54, 1.807) is 23.9 Å². The highest BCUT2D eigenvalue weighted by Crippen LogP contribution is 2.21. The summed E-state index contributed by atoms with van der Waals surface area (Å²) in [4.78, 5) is 22.9. The van der Waals surface area contributed by atoms with E-state index in [0.717, 1.165) is 10.9 Å². The fourth-order valence-electron chi connectivity index (χ4n) is 3.31. The van der Waals surface area contributed by atoms with E-state index >= 15 is 0 Å². The smallest absolute Gasteiger partial charge is 0.272 e. The summed E-state index contributed by atoms with van der Waals surface area (Å²) in [5, 5.41) is 20.4. The van der Waals surface area contributed by atoms with E-state index in [9.17, 15) is 14.9 Å². The van der Waals surface area contributed by atoms with Crippen LogP contribution in [0.25, 0.3) is 10.8 Å². The minimum Gasteiger partial charge on any atom is -0.305 e. The van der Waals surface area contributed by atoms with Gasteiger partial charge >= 0.3 is 0 Å². The first-order chi connectivity index (χ1) is 14.0. The molecule has 1 heterocycles. The average Bonchev–Trinajstić information content (AvgIpc) is 3.14. The summed E-state index contributed by atoms with van der Waals surface area (Å²) in [6, 6.07) is 20.3. The van der Waals surface area contributed by atoms with Crippen LogP contribution in [0, 0.1) is 17.0 Å². The van der Waals surface area contributed by atoms with Crippen molar-refractivity contribution in [3.8, 4) is 0 Å². The van der Waals surface area contributed by atoms with Crippen molar-refractivity contribution in [2.24, 2.45) is 0 Å². The molecule has 0 aliphatic rings. The molecule has 4 rings (SSSR count). The van der Waals surface area contributed by atoms with Gasteiger partial charge in [0.15, 0.2) is 5.82 Å². The highest BCUT2D eigenvalue weighted by molar-refractivity contribution is 6.04. The molecule has 1 amide bonds. The van der Waals surface area contributed by atoms with Crippen LogP contribution in [-0.4, -0.2) is 20.6 Å². The van der Waals surface area contributed by atoms with Crippen LogP contribution in [0.5, 0.6) is 0 Å². The van der Waals surface area contributed by atoms with Crippen molar-refractivity contribution in [1.29, 1.82) is 0 Å². The molecule has 7 nitrogen and oxygen atoms in total. The van der Waals surface area contributed by atoms with Gasteiger partial charge in [-0.2, -0.15) is 5.10 Å². The lowest BCUT2D eigenvalue weighted by molar-refractivity contribution is -0.385. The number of hydrogen-bond acceptors (Lipinski definition) is 4. The van der Waals surface area contributed by atoms with Crippen molar-refractivity contribution >= 4 is 28.2 Å². The number of aryl methyl sites for hydroxylation is 1. The summed E-state index contributed by atoms with van der Waals surface area (Å²) in [6.07, 6.45) is 1.80. The zero-order valence-electron chi connectivity index (χ0n) is 15.7. The van der Waals surface area contributed by atoms with Crippen molar-refractivity contribution in [3.05, 3.63) is 99.7 Å². The number of amides is 1. The van der Waals surface area contributed by atoms with Gasteiger partial charge in [-0.15, -0.1) is 0 Å². The van der Waals surface area contributed by atoms with Crippen LogP contribution in [0.4, 0.5) is 11.5 Å². The van der Waals surface area contributed by atoms with Gasteiger partial charge in [0.2, 0.25) is 0 Å². The predicted octanol–water partition coefficient (Wildman–Crippen LogP) is 4.55. The van der Waals surface area contributed by atoms with Crippen molar-refractivity contribution < 1.29 is 9.72 Å². The van der Waals surface area contributed by atoms with E-state index in [4.69, 9.17) is 0 Å². The maximum Gasteiger partial charge on any atom is 0.272 e. The van der Waals surface area contributed by atoms with Crippen LogP contribution in [0.1, 0.15) is 21.5 Å². The van der Waals surface area contributed by atoms with E-state index in [1.807, 2.05) is 18.2 Å². The van der Waals surface area contributed by atoms with E-state index < -0.39 is 4.92 Å². The third-order valence-electron chi connectivity index (χ3n) is 4.75. The fraction of sp³-hybridized carbons (Fsp3) is 0.0909. The summed E-state index contributed by atoms with van der Waals surface area (Å²) in [5.74, 6) is 0.0599. The molecule has 0 radical (unpaired) electrons. The SMILES string of the molecule is Cc1cc(C(=O)Nc2ccn(Cc3cccc4ccccc34)n2)ccc1[N+](=O)[O-]. The van der Waals surface area contributed by atoms with Crippen molar-refractivity contribution in [1.82, 2.24) is 9.78 Å². The number of nitro benzene ring substituents is 1. The molecule has 7 heteroatoms. The molecule has 4 aromatic rings. The maximum atomic E-state index is 12.5. The standard InChI is InChI=1S/C22H18N4O3/c1-15-13-17(9-10-20(15)26(28)29)22(27)23-21-11-12-25(24-21)14-18-7-4-6-16-5-2-3-8-19(16)18/h2-13H,14H2,1H3,(H,23,24,27). The molecule has 144 valence electrons. The lowest BCUT2D eigenvalue weighted by Crippen LogP contribution is -2.13. The molecule has 0 atom stereocenters. The third-order valence-corrected chi connectivity index (χ3v) is 4.75. The Bertz CT molecular complexity index is 1220. The Balaban J connectivity index is 1.50. The molecule has 0 unspecified atom stereocenters. The van der Waals surface area contributed by atoms with E-state index in [2.05, 4.69) is 34.7 Å². The summed E-state index contributed by atoms with van der Waals surface area (Å²) in [6.45, 7) is 2.18.